The van der Waals surface area contributed by atoms with Crippen molar-refractivity contribution in [3.63, 3.8) is 0 Å². The molecule has 0 spiro atoms. The van der Waals surface area contributed by atoms with Crippen LogP contribution in [0.2, 0.25) is 0 Å². The van der Waals surface area contributed by atoms with Gasteiger partial charge in [0.25, 0.3) is 0 Å². The molecule has 12 nitrogen and oxygen atoms in total. The molecule has 4 aliphatic rings. The second-order valence-electron chi connectivity index (χ2n) is 20.9. The maximum atomic E-state index is 15.2. The Labute approximate surface area is 433 Å². The molecule has 2 heterocycles. The molecule has 0 aromatic heterocycles. The number of carbonyl (C=O) groups excluding carboxylic acids is 1. The minimum absolute atomic E-state index is 0.0450. The highest BCUT2D eigenvalue weighted by Crippen LogP contribution is 2.62. The second kappa shape index (κ2) is 27.0. The van der Waals surface area contributed by atoms with Crippen LogP contribution < -0.4 is 18.9 Å². The first-order valence-corrected chi connectivity index (χ1v) is 28.1. The quantitative estimate of drug-likeness (QED) is 0.0297. The van der Waals surface area contributed by atoms with Gasteiger partial charge in [-0.2, -0.15) is 0 Å². The second-order valence-corrected chi connectivity index (χ2v) is 21.7. The standard InChI is InChI=1S/C59H82N2O10S/c1-7-9-10-11-12-13-14-15-16-21-35-65-57(64)61(40-42-24-30-52-53(36-42)67-41-66-52)54-39-50(60-71-58(3,4)5)48-37-43(22-17-19-32-62)47(23-18-20-33-63)55-49-38-45(69-44-25-28-46(72-6)29-26-44)27-31-51(49)70-59(54,56(48)55)68-34-8-2/h8,24-31,36-38,43,47,54-56,62-63H,2,7,9-23,32-35,39-41H2,1,3-6H3. The SMILES string of the molecule is C=CCOC12Oc3ccc(Oc4ccc(SC)cc4)cc3C3C(CCCCO)C(CCCCO)C=C(C(=NOC(C)(C)C)CC1N(Cc1ccc4c(c1)OCO4)C(=O)OCCCCCCCCCCCC)C32. The number of nitrogens with zero attached hydrogens (tertiary/aromatic N) is 2. The maximum Gasteiger partial charge on any atom is 0.410 e. The van der Waals surface area contributed by atoms with Crippen LogP contribution in [0.4, 0.5) is 4.79 Å². The molecule has 6 atom stereocenters. The number of carbonyl (C=O) groups is 1. The van der Waals surface area contributed by atoms with E-state index in [0.717, 1.165) is 78.0 Å². The molecule has 2 aliphatic carbocycles. The van der Waals surface area contributed by atoms with E-state index < -0.39 is 29.4 Å². The Kier molecular flexibility index (Phi) is 20.7. The summed E-state index contributed by atoms with van der Waals surface area (Å²) in [6.07, 6.45) is 22.2. The smallest absolute Gasteiger partial charge is 0.410 e. The minimum Gasteiger partial charge on any atom is -0.459 e. The van der Waals surface area contributed by atoms with E-state index in [4.69, 9.17) is 38.4 Å². The number of amides is 1. The Morgan fingerprint density at radius 2 is 1.53 bits per heavy atom. The molecule has 72 heavy (non-hydrogen) atoms. The fraction of sp³-hybridized carbons (Fsp3) is 0.593. The summed E-state index contributed by atoms with van der Waals surface area (Å²) in [5, 5.41) is 25.2. The van der Waals surface area contributed by atoms with Crippen molar-refractivity contribution in [2.45, 2.75) is 172 Å². The summed E-state index contributed by atoms with van der Waals surface area (Å²) in [6.45, 7) is 13.2. The number of rotatable bonds is 29. The third-order valence-corrected chi connectivity index (χ3v) is 15.2. The largest absolute Gasteiger partial charge is 0.459 e. The number of aliphatic hydroxyl groups is 2. The minimum atomic E-state index is -1.47. The Bertz CT molecular complexity index is 2260. The molecule has 0 radical (unpaired) electrons. The summed E-state index contributed by atoms with van der Waals surface area (Å²) in [4.78, 5) is 24.5. The zero-order chi connectivity index (χ0) is 50.9. The lowest BCUT2D eigenvalue weighted by Gasteiger charge is -2.60. The van der Waals surface area contributed by atoms with Crippen molar-refractivity contribution >= 4 is 23.6 Å². The molecule has 7 rings (SSSR count). The van der Waals surface area contributed by atoms with E-state index in [1.165, 1.54) is 44.9 Å². The molecule has 1 saturated carbocycles. The zero-order valence-electron chi connectivity index (χ0n) is 43.7. The molecule has 6 unspecified atom stereocenters. The van der Waals surface area contributed by atoms with Crippen LogP contribution in [-0.2, 0) is 20.9 Å². The lowest BCUT2D eigenvalue weighted by Crippen LogP contribution is -2.70. The summed E-state index contributed by atoms with van der Waals surface area (Å²) < 4.78 is 39.3. The number of ether oxygens (including phenoxy) is 6. The Morgan fingerprint density at radius 1 is 0.847 bits per heavy atom. The van der Waals surface area contributed by atoms with Gasteiger partial charge in [-0.05, 0) is 137 Å². The van der Waals surface area contributed by atoms with Crippen LogP contribution in [0.25, 0.3) is 0 Å². The van der Waals surface area contributed by atoms with Gasteiger partial charge < -0.3 is 43.5 Å². The van der Waals surface area contributed by atoms with Crippen molar-refractivity contribution in [2.24, 2.45) is 22.9 Å². The number of thioether (sulfide) groups is 1. The number of unbranched alkanes of at least 4 members (excludes halogenated alkanes) is 11. The van der Waals surface area contributed by atoms with Crippen molar-refractivity contribution in [2.75, 3.05) is 39.5 Å². The van der Waals surface area contributed by atoms with Gasteiger partial charge in [0.1, 0.15) is 28.9 Å². The number of hydrogen-bond donors (Lipinski definition) is 2. The van der Waals surface area contributed by atoms with Gasteiger partial charge in [0.05, 0.1) is 24.8 Å². The van der Waals surface area contributed by atoms with Crippen LogP contribution in [0.3, 0.4) is 0 Å². The van der Waals surface area contributed by atoms with Crippen molar-refractivity contribution in [1.82, 2.24) is 4.90 Å². The average Bonchev–Trinajstić information content (AvgIpc) is 3.85. The van der Waals surface area contributed by atoms with Crippen LogP contribution >= 0.6 is 11.8 Å². The van der Waals surface area contributed by atoms with Crippen molar-refractivity contribution in [1.29, 1.82) is 0 Å². The third-order valence-electron chi connectivity index (χ3n) is 14.5. The van der Waals surface area contributed by atoms with Crippen LogP contribution in [0.15, 0.2) is 95.0 Å². The molecule has 1 amide bonds. The van der Waals surface area contributed by atoms with Crippen molar-refractivity contribution in [3.05, 3.63) is 96.1 Å². The normalized spacial score (nSPS) is 22.3. The number of hydrogen-bond acceptors (Lipinski definition) is 12. The lowest BCUT2D eigenvalue weighted by atomic mass is 9.55. The number of aliphatic hydroxyl groups excluding tert-OH is 2. The number of oxime groups is 1. The molecule has 3 aromatic carbocycles. The van der Waals surface area contributed by atoms with E-state index in [9.17, 15) is 10.2 Å². The van der Waals surface area contributed by atoms with Crippen LogP contribution in [0.1, 0.15) is 154 Å². The first-order chi connectivity index (χ1) is 35.0. The highest BCUT2D eigenvalue weighted by Gasteiger charge is 2.66. The maximum absolute atomic E-state index is 15.2. The summed E-state index contributed by atoms with van der Waals surface area (Å²) in [5.41, 5.74) is 2.87. The Hall–Kier alpha value is -4.69. The monoisotopic (exact) mass is 1010 g/mol. The zero-order valence-corrected chi connectivity index (χ0v) is 44.6. The van der Waals surface area contributed by atoms with Gasteiger partial charge in [-0.3, -0.25) is 4.90 Å². The predicted molar refractivity (Wildman–Crippen MR) is 285 cm³/mol. The van der Waals surface area contributed by atoms with Gasteiger partial charge in [0, 0.05) is 42.6 Å². The predicted octanol–water partition coefficient (Wildman–Crippen LogP) is 13.9. The highest BCUT2D eigenvalue weighted by molar-refractivity contribution is 7.98. The van der Waals surface area contributed by atoms with Gasteiger partial charge in [-0.15, -0.1) is 18.3 Å². The lowest BCUT2D eigenvalue weighted by molar-refractivity contribution is -0.256. The summed E-state index contributed by atoms with van der Waals surface area (Å²) in [6, 6.07) is 19.1. The van der Waals surface area contributed by atoms with Crippen LogP contribution in [0.5, 0.6) is 28.7 Å². The van der Waals surface area contributed by atoms with Gasteiger partial charge in [-0.25, -0.2) is 4.79 Å². The molecule has 1 fully saturated rings. The molecule has 0 bridgehead atoms. The molecule has 0 saturated heterocycles. The average molecular weight is 1010 g/mol. The molecule has 394 valence electrons. The van der Waals surface area contributed by atoms with Crippen molar-refractivity contribution in [3.8, 4) is 28.7 Å². The van der Waals surface area contributed by atoms with Gasteiger partial charge in [0.15, 0.2) is 11.5 Å². The van der Waals surface area contributed by atoms with E-state index in [0.29, 0.717) is 35.8 Å². The van der Waals surface area contributed by atoms with E-state index in [1.807, 2.05) is 63.2 Å². The molecular weight excluding hydrogens is 929 g/mol. The van der Waals surface area contributed by atoms with E-state index >= 15 is 4.79 Å². The molecule has 3 aromatic rings. The molecule has 13 heteroatoms. The first-order valence-electron chi connectivity index (χ1n) is 26.9. The van der Waals surface area contributed by atoms with E-state index in [-0.39, 0.29) is 63.9 Å². The number of allylic oxidation sites excluding steroid dienone is 1. The summed E-state index contributed by atoms with van der Waals surface area (Å²) >= 11 is 1.68. The van der Waals surface area contributed by atoms with Crippen LogP contribution in [0, 0.1) is 17.8 Å². The summed E-state index contributed by atoms with van der Waals surface area (Å²) in [7, 11) is 0. The Balaban J connectivity index is 1.34. The molecular formula is C59H82N2O10S. The van der Waals surface area contributed by atoms with Gasteiger partial charge >= 0.3 is 6.09 Å². The fourth-order valence-corrected chi connectivity index (χ4v) is 11.5. The summed E-state index contributed by atoms with van der Waals surface area (Å²) in [5.74, 6) is 1.24. The molecule has 2 aliphatic heterocycles. The number of benzene rings is 3. The van der Waals surface area contributed by atoms with E-state index in [2.05, 4.69) is 44.0 Å². The van der Waals surface area contributed by atoms with Gasteiger partial charge in [0.2, 0.25) is 12.6 Å². The fourth-order valence-electron chi connectivity index (χ4n) is 11.1. The first kappa shape index (κ1) is 55.1. The van der Waals surface area contributed by atoms with Crippen molar-refractivity contribution < 1.29 is 48.3 Å². The van der Waals surface area contributed by atoms with Crippen LogP contribution in [-0.4, -0.2) is 83.8 Å². The Morgan fingerprint density at radius 3 is 2.22 bits per heavy atom. The molecule has 2 N–H and O–H groups in total. The number of fused-ring (bicyclic) bond motifs is 3. The topological polar surface area (TPSA) is 138 Å². The third kappa shape index (κ3) is 14.1. The van der Waals surface area contributed by atoms with E-state index in [1.54, 1.807) is 22.7 Å². The van der Waals surface area contributed by atoms with Gasteiger partial charge in [-0.1, -0.05) is 101 Å². The highest BCUT2D eigenvalue weighted by atomic mass is 32.2.